The largest absolute Gasteiger partial charge is 0.410 e. The second-order valence-electron chi connectivity index (χ2n) is 5.20. The highest BCUT2D eigenvalue weighted by Gasteiger charge is 2.09. The average molecular weight is 364 g/mol. The Morgan fingerprint density at radius 1 is 1.25 bits per heavy atom. The van der Waals surface area contributed by atoms with E-state index in [0.717, 1.165) is 10.2 Å². The van der Waals surface area contributed by atoms with Crippen LogP contribution in [0.15, 0.2) is 30.3 Å². The minimum absolute atomic E-state index is 0.0353. The predicted molar refractivity (Wildman–Crippen MR) is 94.0 cm³/mol. The zero-order chi connectivity index (χ0) is 17.1. The van der Waals surface area contributed by atoms with E-state index in [2.05, 4.69) is 25.8 Å². The van der Waals surface area contributed by atoms with Gasteiger partial charge in [0, 0.05) is 17.1 Å². The second-order valence-corrected chi connectivity index (χ2v) is 6.63. The van der Waals surface area contributed by atoms with Crippen LogP contribution in [0.1, 0.15) is 13.8 Å². The van der Waals surface area contributed by atoms with Crippen molar-refractivity contribution in [1.82, 2.24) is 20.5 Å². The second kappa shape index (κ2) is 6.98. The number of fused-ring (bicyclic) bond motifs is 1. The van der Waals surface area contributed by atoms with Gasteiger partial charge >= 0.3 is 6.03 Å². The molecule has 0 aliphatic heterocycles. The van der Waals surface area contributed by atoms with Gasteiger partial charge in [0.25, 0.3) is 5.19 Å². The van der Waals surface area contributed by atoms with Crippen molar-refractivity contribution < 1.29 is 9.53 Å². The zero-order valence-electron chi connectivity index (χ0n) is 12.9. The van der Waals surface area contributed by atoms with Crippen molar-refractivity contribution in [1.29, 1.82) is 0 Å². The summed E-state index contributed by atoms with van der Waals surface area (Å²) in [4.78, 5) is 15.9. The monoisotopic (exact) mass is 363 g/mol. The summed E-state index contributed by atoms with van der Waals surface area (Å²) in [6.45, 7) is 3.74. The molecule has 0 spiro atoms. The van der Waals surface area contributed by atoms with Crippen LogP contribution in [0, 0.1) is 0 Å². The zero-order valence-corrected chi connectivity index (χ0v) is 14.5. The first-order valence-electron chi connectivity index (χ1n) is 7.15. The van der Waals surface area contributed by atoms with Crippen molar-refractivity contribution in [3.8, 4) is 11.1 Å². The first-order valence-corrected chi connectivity index (χ1v) is 8.34. The maximum atomic E-state index is 11.6. The molecule has 2 heterocycles. The molecule has 0 saturated heterocycles. The molecule has 2 amide bonds. The lowest BCUT2D eigenvalue weighted by molar-refractivity contribution is 0.250. The van der Waals surface area contributed by atoms with Gasteiger partial charge in [-0.05, 0) is 38.1 Å². The molecule has 0 saturated carbocycles. The Hall–Kier alpha value is -2.45. The Morgan fingerprint density at radius 2 is 2.08 bits per heavy atom. The molecule has 0 radical (unpaired) electrons. The van der Waals surface area contributed by atoms with Crippen molar-refractivity contribution in [3.05, 3.63) is 35.4 Å². The third-order valence-electron chi connectivity index (χ3n) is 2.82. The number of carbonyl (C=O) groups is 1. The fourth-order valence-electron chi connectivity index (χ4n) is 1.87. The highest BCUT2D eigenvalue weighted by Crippen LogP contribution is 2.32. The van der Waals surface area contributed by atoms with Crippen molar-refractivity contribution in [2.75, 3.05) is 5.32 Å². The van der Waals surface area contributed by atoms with E-state index in [4.69, 9.17) is 16.3 Å². The quantitative estimate of drug-likeness (QED) is 0.729. The van der Waals surface area contributed by atoms with Crippen molar-refractivity contribution in [2.45, 2.75) is 19.9 Å². The number of hydrogen-bond acceptors (Lipinski definition) is 6. The molecule has 0 aliphatic rings. The summed E-state index contributed by atoms with van der Waals surface area (Å²) < 4.78 is 6.52. The van der Waals surface area contributed by atoms with Crippen LogP contribution in [0.3, 0.4) is 0 Å². The van der Waals surface area contributed by atoms with Crippen molar-refractivity contribution in [2.24, 2.45) is 0 Å². The third-order valence-corrected chi connectivity index (χ3v) is 3.96. The lowest BCUT2D eigenvalue weighted by Gasteiger charge is -2.09. The Labute approximate surface area is 147 Å². The summed E-state index contributed by atoms with van der Waals surface area (Å²) in [6.07, 6.45) is 0. The molecule has 0 unspecified atom stereocenters. The summed E-state index contributed by atoms with van der Waals surface area (Å²) in [7, 11) is 0. The maximum absolute atomic E-state index is 11.6. The van der Waals surface area contributed by atoms with E-state index in [-0.39, 0.29) is 18.0 Å². The number of hydrogen-bond donors (Lipinski definition) is 2. The van der Waals surface area contributed by atoms with Crippen LogP contribution in [-0.4, -0.2) is 27.3 Å². The predicted octanol–water partition coefficient (Wildman–Crippen LogP) is 4.06. The molecule has 1 aromatic carbocycles. The smallest absolute Gasteiger partial charge is 0.320 e. The fraction of sp³-hybridized carbons (Fsp3) is 0.200. The van der Waals surface area contributed by atoms with Crippen LogP contribution in [0.25, 0.3) is 10.2 Å². The molecule has 2 aromatic heterocycles. The molecule has 0 fully saturated rings. The topological polar surface area (TPSA) is 89.0 Å². The van der Waals surface area contributed by atoms with Crippen LogP contribution in [0.2, 0.25) is 5.02 Å². The van der Waals surface area contributed by atoms with Crippen molar-refractivity contribution >= 4 is 45.0 Å². The molecule has 24 heavy (non-hydrogen) atoms. The minimum Gasteiger partial charge on any atom is -0.410 e. The number of thiazole rings is 1. The van der Waals surface area contributed by atoms with Gasteiger partial charge in [-0.25, -0.2) is 9.78 Å². The summed E-state index contributed by atoms with van der Waals surface area (Å²) in [6, 6.07) is 8.34. The third kappa shape index (κ3) is 4.09. The molecular weight excluding hydrogens is 350 g/mol. The van der Waals surface area contributed by atoms with Crippen molar-refractivity contribution in [3.63, 3.8) is 0 Å². The van der Waals surface area contributed by atoms with Gasteiger partial charge in [0.05, 0.1) is 10.2 Å². The number of carbonyl (C=O) groups excluding carboxylic acids is 1. The van der Waals surface area contributed by atoms with Gasteiger partial charge < -0.3 is 10.1 Å². The molecule has 2 N–H and O–H groups in total. The fourth-order valence-corrected chi connectivity index (χ4v) is 2.97. The van der Waals surface area contributed by atoms with Gasteiger partial charge in [0.1, 0.15) is 0 Å². The molecular formula is C15H14ClN5O2S. The van der Waals surface area contributed by atoms with Gasteiger partial charge in [0.2, 0.25) is 5.88 Å². The van der Waals surface area contributed by atoms with Gasteiger partial charge in [0.15, 0.2) is 5.82 Å². The Balaban J connectivity index is 1.67. The normalized spacial score (nSPS) is 10.8. The number of amides is 2. The van der Waals surface area contributed by atoms with Gasteiger partial charge in [-0.15, -0.1) is 10.2 Å². The number of anilines is 1. The van der Waals surface area contributed by atoms with Crippen LogP contribution >= 0.6 is 22.9 Å². The Bertz CT molecular complexity index is 866. The number of urea groups is 1. The van der Waals surface area contributed by atoms with Gasteiger partial charge in [-0.1, -0.05) is 22.9 Å². The molecule has 0 aliphatic carbocycles. The molecule has 0 atom stereocenters. The highest BCUT2D eigenvalue weighted by molar-refractivity contribution is 7.20. The number of nitrogens with one attached hydrogen (secondary N) is 2. The SMILES string of the molecule is CC(C)NC(=O)Nc1ccc(Oc2nc3ccc(Cl)cc3s2)nn1. The van der Waals surface area contributed by atoms with E-state index in [1.165, 1.54) is 11.3 Å². The summed E-state index contributed by atoms with van der Waals surface area (Å²) >= 11 is 7.32. The number of benzene rings is 1. The molecule has 3 aromatic rings. The highest BCUT2D eigenvalue weighted by atomic mass is 35.5. The van der Waals surface area contributed by atoms with Crippen LogP contribution < -0.4 is 15.4 Å². The van der Waals surface area contributed by atoms with E-state index >= 15 is 0 Å². The molecule has 0 bridgehead atoms. The first kappa shape index (κ1) is 16.4. The van der Waals surface area contributed by atoms with E-state index in [0.29, 0.717) is 16.0 Å². The summed E-state index contributed by atoms with van der Waals surface area (Å²) in [5.41, 5.74) is 0.802. The van der Waals surface area contributed by atoms with Gasteiger partial charge in [-0.3, -0.25) is 5.32 Å². The molecule has 9 heteroatoms. The molecule has 7 nitrogen and oxygen atoms in total. The number of aromatic nitrogens is 3. The minimum atomic E-state index is -0.337. The number of halogens is 1. The van der Waals surface area contributed by atoms with E-state index in [1.54, 1.807) is 18.2 Å². The molecule has 124 valence electrons. The number of nitrogens with zero attached hydrogens (tertiary/aromatic N) is 3. The first-order chi connectivity index (χ1) is 11.5. The maximum Gasteiger partial charge on any atom is 0.320 e. The van der Waals surface area contributed by atoms with Gasteiger partial charge in [-0.2, -0.15) is 0 Å². The van der Waals surface area contributed by atoms with E-state index in [9.17, 15) is 4.79 Å². The van der Waals surface area contributed by atoms with E-state index in [1.807, 2.05) is 26.0 Å². The van der Waals surface area contributed by atoms with Crippen LogP contribution in [0.5, 0.6) is 11.1 Å². The number of ether oxygens (including phenoxy) is 1. The standard InChI is InChI=1S/C15H14ClN5O2S/c1-8(2)17-14(22)19-12-5-6-13(21-20-12)23-15-18-10-4-3-9(16)7-11(10)24-15/h3-8H,1-2H3,(H2,17,19,20,22). The lowest BCUT2D eigenvalue weighted by atomic mass is 10.3. The van der Waals surface area contributed by atoms with Crippen LogP contribution in [0.4, 0.5) is 10.6 Å². The molecule has 3 rings (SSSR count). The van der Waals surface area contributed by atoms with E-state index < -0.39 is 0 Å². The van der Waals surface area contributed by atoms with Crippen LogP contribution in [-0.2, 0) is 0 Å². The summed E-state index contributed by atoms with van der Waals surface area (Å²) in [5.74, 6) is 0.617. The Kier molecular flexibility index (Phi) is 4.77. The average Bonchev–Trinajstić information content (AvgIpc) is 2.89. The number of rotatable bonds is 4. The Morgan fingerprint density at radius 3 is 2.79 bits per heavy atom. The summed E-state index contributed by atoms with van der Waals surface area (Å²) in [5, 5.41) is 14.2. The lowest BCUT2D eigenvalue weighted by Crippen LogP contribution is -2.34.